The molecule has 0 spiro atoms. The molecule has 0 aliphatic carbocycles. The van der Waals surface area contributed by atoms with Crippen LogP contribution in [0, 0.1) is 0 Å². The van der Waals surface area contributed by atoms with Crippen molar-refractivity contribution in [3.8, 4) is 0 Å². The van der Waals surface area contributed by atoms with Crippen molar-refractivity contribution in [1.29, 1.82) is 0 Å². The van der Waals surface area contributed by atoms with Crippen LogP contribution >= 0.6 is 12.4 Å². The smallest absolute Gasteiger partial charge is 0.356 e. The third-order valence-electron chi connectivity index (χ3n) is 1.63. The van der Waals surface area contributed by atoms with Gasteiger partial charge in [0.15, 0.2) is 5.69 Å². The van der Waals surface area contributed by atoms with E-state index in [1.54, 1.807) is 10.6 Å². The molecule has 5 heteroatoms. The molecule has 0 saturated carbocycles. The molecule has 68 valence electrons. The Morgan fingerprint density at radius 3 is 3.00 bits per heavy atom. The molecule has 2 aromatic heterocycles. The first-order valence-electron chi connectivity index (χ1n) is 3.43. The summed E-state index contributed by atoms with van der Waals surface area (Å²) < 4.78 is 1.72. The zero-order valence-corrected chi connectivity index (χ0v) is 7.36. The molecule has 0 radical (unpaired) electrons. The zero-order chi connectivity index (χ0) is 8.55. The molecule has 0 aliphatic heterocycles. The number of halogens is 1. The Bertz CT molecular complexity index is 438. The fourth-order valence-corrected chi connectivity index (χ4v) is 1.04. The lowest BCUT2D eigenvalue weighted by Crippen LogP contribution is -2.01. The fourth-order valence-electron chi connectivity index (χ4n) is 1.04. The molecular formula is C8H7ClN2O2. The van der Waals surface area contributed by atoms with Gasteiger partial charge in [0.2, 0.25) is 0 Å². The Kier molecular flexibility index (Phi) is 2.53. The summed E-state index contributed by atoms with van der Waals surface area (Å²) in [6.45, 7) is 0. The highest BCUT2D eigenvalue weighted by atomic mass is 35.5. The van der Waals surface area contributed by atoms with Crippen molar-refractivity contribution in [1.82, 2.24) is 9.38 Å². The largest absolute Gasteiger partial charge is 0.476 e. The van der Waals surface area contributed by atoms with Gasteiger partial charge in [-0.2, -0.15) is 0 Å². The third-order valence-corrected chi connectivity index (χ3v) is 1.63. The molecule has 1 N–H and O–H groups in total. The van der Waals surface area contributed by atoms with Crippen LogP contribution in [-0.2, 0) is 0 Å². The summed E-state index contributed by atoms with van der Waals surface area (Å²) in [5, 5.41) is 8.61. The molecule has 0 fully saturated rings. The second kappa shape index (κ2) is 3.45. The van der Waals surface area contributed by atoms with E-state index >= 15 is 0 Å². The van der Waals surface area contributed by atoms with E-state index in [4.69, 9.17) is 5.11 Å². The molecule has 0 atom stereocenters. The van der Waals surface area contributed by atoms with Gasteiger partial charge >= 0.3 is 5.97 Å². The first-order chi connectivity index (χ1) is 5.77. The minimum atomic E-state index is -1.01. The Morgan fingerprint density at radius 2 is 2.31 bits per heavy atom. The van der Waals surface area contributed by atoms with E-state index < -0.39 is 5.97 Å². The van der Waals surface area contributed by atoms with Crippen LogP contribution in [0.3, 0.4) is 0 Å². The van der Waals surface area contributed by atoms with Crippen LogP contribution in [0.15, 0.2) is 30.7 Å². The van der Waals surface area contributed by atoms with Crippen LogP contribution in [0.5, 0.6) is 0 Å². The van der Waals surface area contributed by atoms with Crippen molar-refractivity contribution >= 4 is 23.9 Å². The molecule has 0 unspecified atom stereocenters. The number of nitrogens with zero attached hydrogens (tertiary/aromatic N) is 2. The second-order valence-corrected chi connectivity index (χ2v) is 2.42. The zero-order valence-electron chi connectivity index (χ0n) is 6.54. The van der Waals surface area contributed by atoms with Crippen LogP contribution in [0.25, 0.3) is 5.52 Å². The van der Waals surface area contributed by atoms with Crippen molar-refractivity contribution < 1.29 is 9.90 Å². The first-order valence-corrected chi connectivity index (χ1v) is 3.43. The molecule has 2 heterocycles. The fraction of sp³-hybridized carbons (Fsp3) is 0. The van der Waals surface area contributed by atoms with Gasteiger partial charge in [0.05, 0.1) is 11.7 Å². The maximum atomic E-state index is 10.5. The quantitative estimate of drug-likeness (QED) is 0.755. The summed E-state index contributed by atoms with van der Waals surface area (Å²) in [6, 6.07) is 3.70. The minimum Gasteiger partial charge on any atom is -0.476 e. The lowest BCUT2D eigenvalue weighted by molar-refractivity contribution is 0.0690. The predicted octanol–water partition coefficient (Wildman–Crippen LogP) is 1.45. The number of aromatic nitrogens is 2. The summed E-state index contributed by atoms with van der Waals surface area (Å²) in [4.78, 5) is 14.2. The van der Waals surface area contributed by atoms with Gasteiger partial charge in [-0.25, -0.2) is 9.78 Å². The first kappa shape index (κ1) is 9.54. The Labute approximate surface area is 80.2 Å². The van der Waals surface area contributed by atoms with Crippen molar-refractivity contribution in [2.24, 2.45) is 0 Å². The maximum absolute atomic E-state index is 10.5. The van der Waals surface area contributed by atoms with Crippen LogP contribution in [0.2, 0.25) is 0 Å². The predicted molar refractivity (Wildman–Crippen MR) is 49.4 cm³/mol. The van der Waals surface area contributed by atoms with Crippen LogP contribution < -0.4 is 0 Å². The van der Waals surface area contributed by atoms with Gasteiger partial charge in [-0.3, -0.25) is 0 Å². The normalized spacial score (nSPS) is 9.54. The van der Waals surface area contributed by atoms with Crippen LogP contribution in [0.1, 0.15) is 10.5 Å². The number of carboxylic acid groups (broad SMARTS) is 1. The number of fused-ring (bicyclic) bond motifs is 1. The number of aromatic carboxylic acids is 1. The molecule has 2 rings (SSSR count). The SMILES string of the molecule is Cl.O=C(O)c1cn2cccc2cn1. The lowest BCUT2D eigenvalue weighted by Gasteiger charge is -1.95. The third kappa shape index (κ3) is 1.62. The van der Waals surface area contributed by atoms with Gasteiger partial charge in [-0.15, -0.1) is 12.4 Å². The monoisotopic (exact) mass is 198 g/mol. The number of carboxylic acids is 1. The summed E-state index contributed by atoms with van der Waals surface area (Å²) >= 11 is 0. The van der Waals surface area contributed by atoms with Crippen molar-refractivity contribution in [3.63, 3.8) is 0 Å². The lowest BCUT2D eigenvalue weighted by atomic mass is 10.4. The highest BCUT2D eigenvalue weighted by Gasteiger charge is 2.03. The van der Waals surface area contributed by atoms with Gasteiger partial charge in [0.1, 0.15) is 0 Å². The molecule has 0 amide bonds. The molecule has 4 nitrogen and oxygen atoms in total. The number of rotatable bonds is 1. The molecule has 0 bridgehead atoms. The number of hydrogen-bond acceptors (Lipinski definition) is 2. The molecule has 0 saturated heterocycles. The Balaban J connectivity index is 0.000000845. The minimum absolute atomic E-state index is 0. The average molecular weight is 199 g/mol. The Morgan fingerprint density at radius 1 is 1.54 bits per heavy atom. The maximum Gasteiger partial charge on any atom is 0.356 e. The molecule has 0 aromatic carbocycles. The van der Waals surface area contributed by atoms with E-state index in [1.807, 2.05) is 12.1 Å². The Hall–Kier alpha value is -1.55. The average Bonchev–Trinajstić information content (AvgIpc) is 2.49. The second-order valence-electron chi connectivity index (χ2n) is 2.42. The molecule has 13 heavy (non-hydrogen) atoms. The summed E-state index contributed by atoms with van der Waals surface area (Å²) in [5.74, 6) is -1.01. The molecule has 0 aliphatic rings. The van der Waals surface area contributed by atoms with Gasteiger partial charge < -0.3 is 9.51 Å². The molecule has 2 aromatic rings. The van der Waals surface area contributed by atoms with Crippen molar-refractivity contribution in [2.75, 3.05) is 0 Å². The number of carbonyl (C=O) groups is 1. The highest BCUT2D eigenvalue weighted by Crippen LogP contribution is 2.03. The van der Waals surface area contributed by atoms with Crippen LogP contribution in [0.4, 0.5) is 0 Å². The summed E-state index contributed by atoms with van der Waals surface area (Å²) in [7, 11) is 0. The number of hydrogen-bond donors (Lipinski definition) is 1. The summed E-state index contributed by atoms with van der Waals surface area (Å²) in [5.41, 5.74) is 0.943. The van der Waals surface area contributed by atoms with Crippen molar-refractivity contribution in [2.45, 2.75) is 0 Å². The standard InChI is InChI=1S/C8H6N2O2.ClH/c11-8(12)7-5-10-3-1-2-6(10)4-9-7;/h1-5H,(H,11,12);1H. The van der Waals surface area contributed by atoms with E-state index in [1.165, 1.54) is 12.4 Å². The van der Waals surface area contributed by atoms with E-state index in [0.29, 0.717) is 0 Å². The van der Waals surface area contributed by atoms with E-state index in [9.17, 15) is 4.79 Å². The van der Waals surface area contributed by atoms with Gasteiger partial charge in [-0.1, -0.05) is 0 Å². The van der Waals surface area contributed by atoms with Gasteiger partial charge in [0, 0.05) is 12.4 Å². The van der Waals surface area contributed by atoms with Crippen molar-refractivity contribution in [3.05, 3.63) is 36.4 Å². The topological polar surface area (TPSA) is 54.6 Å². The van der Waals surface area contributed by atoms with E-state index in [-0.39, 0.29) is 18.1 Å². The van der Waals surface area contributed by atoms with Gasteiger partial charge in [-0.05, 0) is 12.1 Å². The highest BCUT2D eigenvalue weighted by molar-refractivity contribution is 5.85. The van der Waals surface area contributed by atoms with E-state index in [2.05, 4.69) is 4.98 Å². The van der Waals surface area contributed by atoms with Gasteiger partial charge in [0.25, 0.3) is 0 Å². The molecular weight excluding hydrogens is 192 g/mol. The summed E-state index contributed by atoms with van der Waals surface area (Å²) in [6.07, 6.45) is 4.80. The van der Waals surface area contributed by atoms with Crippen LogP contribution in [-0.4, -0.2) is 20.5 Å². The van der Waals surface area contributed by atoms with E-state index in [0.717, 1.165) is 5.52 Å².